The minimum Gasteiger partial charge on any atom is -0.324 e. The monoisotopic (exact) mass is 452 g/mol. The molecule has 10 heteroatoms. The number of amides is 2. The van der Waals surface area contributed by atoms with Gasteiger partial charge >= 0.3 is 6.03 Å². The Labute approximate surface area is 191 Å². The van der Waals surface area contributed by atoms with Crippen LogP contribution in [0.1, 0.15) is 17.8 Å². The Morgan fingerprint density at radius 2 is 1.88 bits per heavy atom. The Kier molecular flexibility index (Phi) is 5.99. The van der Waals surface area contributed by atoms with Gasteiger partial charge in [-0.2, -0.15) is 0 Å². The third-order valence-electron chi connectivity index (χ3n) is 6.36. The minimum atomic E-state index is -0.0930. The first kappa shape index (κ1) is 21.2. The number of fused-ring (bicyclic) bond motifs is 1. The number of urea groups is 1. The van der Waals surface area contributed by atoms with Crippen LogP contribution in [0.5, 0.6) is 0 Å². The zero-order chi connectivity index (χ0) is 22.1. The zero-order valence-corrected chi connectivity index (χ0v) is 19.3. The predicted octanol–water partition coefficient (Wildman–Crippen LogP) is 2.70. The van der Waals surface area contributed by atoms with Gasteiger partial charge in [0, 0.05) is 63.0 Å². The van der Waals surface area contributed by atoms with Gasteiger partial charge in [0.25, 0.3) is 0 Å². The number of aryl methyl sites for hydroxylation is 1. The fraction of sp³-hybridized carbons (Fsp3) is 0.500. The highest BCUT2D eigenvalue weighted by atomic mass is 32.1. The quantitative estimate of drug-likeness (QED) is 0.653. The highest BCUT2D eigenvalue weighted by Crippen LogP contribution is 2.25. The number of rotatable bonds is 3. The molecule has 9 nitrogen and oxygen atoms in total. The van der Waals surface area contributed by atoms with Gasteiger partial charge < -0.3 is 9.80 Å². The van der Waals surface area contributed by atoms with Crippen molar-refractivity contribution >= 4 is 34.1 Å². The predicted molar refractivity (Wildman–Crippen MR) is 126 cm³/mol. The highest BCUT2D eigenvalue weighted by molar-refractivity contribution is 7.14. The fourth-order valence-electron chi connectivity index (χ4n) is 4.41. The normalized spacial score (nSPS) is 18.9. The van der Waals surface area contributed by atoms with Crippen LogP contribution < -0.4 is 5.32 Å². The molecule has 5 rings (SSSR count). The molecule has 168 valence electrons. The Hall–Kier alpha value is -2.69. The average molecular weight is 453 g/mol. The molecular formula is C22H28N8OS. The maximum atomic E-state index is 12.8. The Morgan fingerprint density at radius 1 is 1.09 bits per heavy atom. The van der Waals surface area contributed by atoms with E-state index >= 15 is 0 Å². The van der Waals surface area contributed by atoms with Crippen LogP contribution in [0.4, 0.5) is 10.6 Å². The maximum Gasteiger partial charge on any atom is 0.323 e. The van der Waals surface area contributed by atoms with Crippen molar-refractivity contribution < 1.29 is 4.79 Å². The van der Waals surface area contributed by atoms with E-state index in [-0.39, 0.29) is 6.03 Å². The van der Waals surface area contributed by atoms with Crippen molar-refractivity contribution in [2.24, 2.45) is 0 Å². The molecule has 0 unspecified atom stereocenters. The standard InChI is InChI=1S/C22H28N8OS/c1-15-26-27-21(32-15)18-4-3-16-14-23-20(13-19(16)24-18)25-22(31)30-7-5-17(6-8-30)29-11-9-28(2)10-12-29/h3-4,13-14,17H,5-12H2,1-2H3,(H,23,25,31). The van der Waals surface area contributed by atoms with Gasteiger partial charge in [0.05, 0.1) is 5.52 Å². The third kappa shape index (κ3) is 4.57. The van der Waals surface area contributed by atoms with Gasteiger partial charge in [-0.25, -0.2) is 14.8 Å². The van der Waals surface area contributed by atoms with Crippen LogP contribution in [0.25, 0.3) is 21.6 Å². The number of aromatic nitrogens is 4. The number of nitrogens with zero attached hydrogens (tertiary/aromatic N) is 7. The summed E-state index contributed by atoms with van der Waals surface area (Å²) < 4.78 is 0. The van der Waals surface area contributed by atoms with Crippen LogP contribution >= 0.6 is 11.3 Å². The molecule has 32 heavy (non-hydrogen) atoms. The van der Waals surface area contributed by atoms with Crippen LogP contribution in [0.3, 0.4) is 0 Å². The summed E-state index contributed by atoms with van der Waals surface area (Å²) in [4.78, 5) is 28.8. The van der Waals surface area contributed by atoms with Crippen LogP contribution in [0.15, 0.2) is 24.4 Å². The number of carbonyl (C=O) groups is 1. The van der Waals surface area contributed by atoms with E-state index in [2.05, 4.69) is 37.3 Å². The van der Waals surface area contributed by atoms with E-state index in [9.17, 15) is 4.79 Å². The lowest BCUT2D eigenvalue weighted by molar-refractivity contribution is 0.0765. The number of likely N-dealkylation sites (tertiary alicyclic amines) is 1. The molecule has 0 aliphatic carbocycles. The summed E-state index contributed by atoms with van der Waals surface area (Å²) in [7, 11) is 2.18. The molecule has 0 radical (unpaired) electrons. The van der Waals surface area contributed by atoms with Gasteiger partial charge in [0.2, 0.25) is 0 Å². The van der Waals surface area contributed by atoms with E-state index in [1.807, 2.05) is 30.0 Å². The summed E-state index contributed by atoms with van der Waals surface area (Å²) in [5.41, 5.74) is 1.55. The highest BCUT2D eigenvalue weighted by Gasteiger charge is 2.28. The Morgan fingerprint density at radius 3 is 2.59 bits per heavy atom. The molecule has 0 bridgehead atoms. The summed E-state index contributed by atoms with van der Waals surface area (Å²) in [6.07, 6.45) is 3.79. The molecule has 0 atom stereocenters. The van der Waals surface area contributed by atoms with Crippen LogP contribution in [-0.2, 0) is 0 Å². The van der Waals surface area contributed by atoms with E-state index in [4.69, 9.17) is 4.98 Å². The van der Waals surface area contributed by atoms with Crippen LogP contribution in [0, 0.1) is 6.92 Å². The van der Waals surface area contributed by atoms with Gasteiger partial charge in [0.1, 0.15) is 16.5 Å². The lowest BCUT2D eigenvalue weighted by Crippen LogP contribution is -2.53. The number of piperidine rings is 1. The molecule has 2 fully saturated rings. The number of hydrogen-bond donors (Lipinski definition) is 1. The first-order valence-electron chi connectivity index (χ1n) is 11.1. The fourth-order valence-corrected chi connectivity index (χ4v) is 5.08. The summed E-state index contributed by atoms with van der Waals surface area (Å²) in [5, 5.41) is 13.8. The zero-order valence-electron chi connectivity index (χ0n) is 18.5. The molecule has 2 saturated heterocycles. The molecule has 1 N–H and O–H groups in total. The van der Waals surface area contributed by atoms with Crippen LogP contribution in [-0.4, -0.2) is 93.3 Å². The van der Waals surface area contributed by atoms with Gasteiger partial charge in [-0.1, -0.05) is 11.3 Å². The molecule has 0 aromatic carbocycles. The number of pyridine rings is 2. The number of piperazine rings is 1. The SMILES string of the molecule is Cc1nnc(-c2ccc3cnc(NC(=O)N4CCC(N5CCN(C)CC5)CC4)cc3n2)s1. The number of likely N-dealkylation sites (N-methyl/N-ethyl adjacent to an activating group) is 1. The largest absolute Gasteiger partial charge is 0.324 e. The minimum absolute atomic E-state index is 0.0930. The smallest absolute Gasteiger partial charge is 0.323 e. The molecule has 2 amide bonds. The van der Waals surface area contributed by atoms with Gasteiger partial charge in [-0.05, 0) is 38.9 Å². The molecular weight excluding hydrogens is 424 g/mol. The second-order valence-corrected chi connectivity index (χ2v) is 9.75. The topological polar surface area (TPSA) is 90.4 Å². The summed E-state index contributed by atoms with van der Waals surface area (Å²) in [6.45, 7) is 7.98. The van der Waals surface area contributed by atoms with Crippen molar-refractivity contribution in [3.05, 3.63) is 29.4 Å². The average Bonchev–Trinajstić information content (AvgIpc) is 3.25. The number of anilines is 1. The molecule has 2 aliphatic rings. The van der Waals surface area contributed by atoms with Crippen molar-refractivity contribution in [2.45, 2.75) is 25.8 Å². The molecule has 0 saturated carbocycles. The van der Waals surface area contributed by atoms with Crippen molar-refractivity contribution in [2.75, 3.05) is 51.6 Å². The van der Waals surface area contributed by atoms with Gasteiger partial charge in [-0.15, -0.1) is 10.2 Å². The molecule has 5 heterocycles. The number of carbonyl (C=O) groups excluding carboxylic acids is 1. The van der Waals surface area contributed by atoms with E-state index in [0.717, 1.165) is 78.7 Å². The summed E-state index contributed by atoms with van der Waals surface area (Å²) in [6, 6.07) is 6.20. The first-order chi connectivity index (χ1) is 15.5. The Balaban J connectivity index is 1.22. The number of nitrogens with one attached hydrogen (secondary N) is 1. The third-order valence-corrected chi connectivity index (χ3v) is 7.22. The number of hydrogen-bond acceptors (Lipinski definition) is 8. The second-order valence-electron chi connectivity index (χ2n) is 8.57. The maximum absolute atomic E-state index is 12.8. The summed E-state index contributed by atoms with van der Waals surface area (Å²) >= 11 is 1.51. The van der Waals surface area contributed by atoms with E-state index < -0.39 is 0 Å². The van der Waals surface area contributed by atoms with E-state index in [0.29, 0.717) is 11.9 Å². The van der Waals surface area contributed by atoms with E-state index in [1.165, 1.54) is 11.3 Å². The lowest BCUT2D eigenvalue weighted by atomic mass is 10.0. The van der Waals surface area contributed by atoms with Gasteiger partial charge in [-0.3, -0.25) is 10.2 Å². The molecule has 3 aromatic heterocycles. The van der Waals surface area contributed by atoms with Gasteiger partial charge in [0.15, 0.2) is 5.01 Å². The van der Waals surface area contributed by atoms with Crippen molar-refractivity contribution in [3.8, 4) is 10.7 Å². The van der Waals surface area contributed by atoms with E-state index in [1.54, 1.807) is 6.20 Å². The van der Waals surface area contributed by atoms with Crippen molar-refractivity contribution in [1.82, 2.24) is 34.9 Å². The lowest BCUT2D eigenvalue weighted by Gasteiger charge is -2.42. The molecule has 0 spiro atoms. The van der Waals surface area contributed by atoms with Crippen LogP contribution in [0.2, 0.25) is 0 Å². The molecule has 3 aromatic rings. The Bertz CT molecular complexity index is 1100. The second kappa shape index (κ2) is 9.05. The molecule has 2 aliphatic heterocycles. The van der Waals surface area contributed by atoms with Crippen molar-refractivity contribution in [3.63, 3.8) is 0 Å². The first-order valence-corrected chi connectivity index (χ1v) is 11.9. The van der Waals surface area contributed by atoms with Crippen molar-refractivity contribution in [1.29, 1.82) is 0 Å². The summed E-state index contributed by atoms with van der Waals surface area (Å²) in [5.74, 6) is 0.516.